The van der Waals surface area contributed by atoms with Crippen LogP contribution in [0.2, 0.25) is 0 Å². The second kappa shape index (κ2) is 12.3. The number of halogens is 4. The van der Waals surface area contributed by atoms with Gasteiger partial charge in [0.15, 0.2) is 5.75 Å². The number of methoxy groups -OCH3 is 3. The number of esters is 1. The van der Waals surface area contributed by atoms with Crippen molar-refractivity contribution in [1.29, 1.82) is 0 Å². The standard InChI is InChI=1S/C33H25BrF3NO5/c1-40-26-16-21(29(34)31(41-2)28(26)32(39)42-3)18-43-22-12-7-11-20(15-22)27-23-13-8-14-25(33(35,36)37)30(23)38-17-24(27)19-9-5-4-6-10-19/h4-17H,18H2,1-3H3. The van der Waals surface area contributed by atoms with Gasteiger partial charge in [0, 0.05) is 28.3 Å². The maximum absolute atomic E-state index is 13.9. The minimum Gasteiger partial charge on any atom is -0.496 e. The lowest BCUT2D eigenvalue weighted by molar-refractivity contribution is -0.136. The first-order valence-corrected chi connectivity index (χ1v) is 13.8. The molecule has 10 heteroatoms. The molecule has 43 heavy (non-hydrogen) atoms. The fraction of sp³-hybridized carbons (Fsp3) is 0.152. The van der Waals surface area contributed by atoms with Crippen molar-refractivity contribution in [2.45, 2.75) is 12.8 Å². The highest BCUT2D eigenvalue weighted by Crippen LogP contribution is 2.43. The van der Waals surface area contributed by atoms with Crippen LogP contribution >= 0.6 is 15.9 Å². The number of rotatable bonds is 8. The average molecular weight is 652 g/mol. The van der Waals surface area contributed by atoms with Crippen LogP contribution in [0.4, 0.5) is 13.2 Å². The summed E-state index contributed by atoms with van der Waals surface area (Å²) in [5.41, 5.74) is 2.55. The Morgan fingerprint density at radius 2 is 1.60 bits per heavy atom. The number of fused-ring (bicyclic) bond motifs is 1. The van der Waals surface area contributed by atoms with Crippen LogP contribution in [0.5, 0.6) is 17.2 Å². The van der Waals surface area contributed by atoms with Gasteiger partial charge in [0.2, 0.25) is 0 Å². The van der Waals surface area contributed by atoms with Gasteiger partial charge in [0.1, 0.15) is 23.7 Å². The summed E-state index contributed by atoms with van der Waals surface area (Å²) >= 11 is 3.50. The summed E-state index contributed by atoms with van der Waals surface area (Å²) in [5.74, 6) is 0.322. The molecule has 0 aliphatic heterocycles. The number of alkyl halides is 3. The van der Waals surface area contributed by atoms with E-state index in [4.69, 9.17) is 18.9 Å². The highest BCUT2D eigenvalue weighted by Gasteiger charge is 2.34. The summed E-state index contributed by atoms with van der Waals surface area (Å²) in [6, 6.07) is 22.2. The lowest BCUT2D eigenvalue weighted by Gasteiger charge is -2.18. The number of carbonyl (C=O) groups excluding carboxylic acids is 1. The first-order chi connectivity index (χ1) is 20.7. The van der Waals surface area contributed by atoms with Gasteiger partial charge in [-0.25, -0.2) is 4.79 Å². The van der Waals surface area contributed by atoms with Crippen LogP contribution in [0, 0.1) is 0 Å². The van der Waals surface area contributed by atoms with Gasteiger partial charge in [-0.2, -0.15) is 13.2 Å². The first kappa shape index (κ1) is 29.9. The summed E-state index contributed by atoms with van der Waals surface area (Å²) in [5, 5.41) is 0.365. The molecule has 0 aliphatic rings. The van der Waals surface area contributed by atoms with E-state index in [2.05, 4.69) is 20.9 Å². The second-order valence-corrected chi connectivity index (χ2v) is 10.2. The van der Waals surface area contributed by atoms with E-state index in [9.17, 15) is 18.0 Å². The molecule has 0 bridgehead atoms. The summed E-state index contributed by atoms with van der Waals surface area (Å²) < 4.78 is 64.2. The van der Waals surface area contributed by atoms with Crippen molar-refractivity contribution in [3.05, 3.63) is 106 Å². The second-order valence-electron chi connectivity index (χ2n) is 9.38. The molecule has 0 saturated heterocycles. The summed E-state index contributed by atoms with van der Waals surface area (Å²) in [6.07, 6.45) is -3.09. The molecule has 0 fully saturated rings. The lowest BCUT2D eigenvalue weighted by atomic mass is 9.91. The van der Waals surface area contributed by atoms with Crippen molar-refractivity contribution < 1.29 is 36.9 Å². The third kappa shape index (κ3) is 5.87. The number of para-hydroxylation sites is 1. The molecule has 4 aromatic carbocycles. The number of pyridine rings is 1. The Kier molecular flexibility index (Phi) is 8.59. The van der Waals surface area contributed by atoms with Gasteiger partial charge >= 0.3 is 12.1 Å². The number of hydrogen-bond acceptors (Lipinski definition) is 6. The van der Waals surface area contributed by atoms with Crippen molar-refractivity contribution in [2.24, 2.45) is 0 Å². The quantitative estimate of drug-likeness (QED) is 0.156. The number of hydrogen-bond donors (Lipinski definition) is 0. The maximum Gasteiger partial charge on any atom is 0.418 e. The molecular formula is C33H25BrF3NO5. The summed E-state index contributed by atoms with van der Waals surface area (Å²) in [4.78, 5) is 16.6. The van der Waals surface area contributed by atoms with Crippen LogP contribution in [-0.2, 0) is 17.5 Å². The van der Waals surface area contributed by atoms with Gasteiger partial charge in [-0.1, -0.05) is 54.6 Å². The summed E-state index contributed by atoms with van der Waals surface area (Å²) in [6.45, 7) is 0.0546. The van der Waals surface area contributed by atoms with E-state index in [1.807, 2.05) is 36.4 Å². The van der Waals surface area contributed by atoms with Crippen molar-refractivity contribution in [2.75, 3.05) is 21.3 Å². The molecule has 0 N–H and O–H groups in total. The average Bonchev–Trinajstić information content (AvgIpc) is 3.02. The Morgan fingerprint density at radius 1 is 0.884 bits per heavy atom. The Morgan fingerprint density at radius 3 is 2.28 bits per heavy atom. The largest absolute Gasteiger partial charge is 0.496 e. The Bertz CT molecular complexity index is 1810. The fourth-order valence-electron chi connectivity index (χ4n) is 4.92. The van der Waals surface area contributed by atoms with E-state index in [1.54, 1.807) is 30.3 Å². The zero-order valence-corrected chi connectivity index (χ0v) is 24.9. The van der Waals surface area contributed by atoms with E-state index in [1.165, 1.54) is 33.6 Å². The predicted molar refractivity (Wildman–Crippen MR) is 161 cm³/mol. The van der Waals surface area contributed by atoms with E-state index in [0.717, 1.165) is 11.6 Å². The number of carbonyl (C=O) groups is 1. The van der Waals surface area contributed by atoms with Crippen LogP contribution in [0.3, 0.4) is 0 Å². The van der Waals surface area contributed by atoms with Gasteiger partial charge in [0.25, 0.3) is 0 Å². The van der Waals surface area contributed by atoms with Crippen molar-refractivity contribution in [1.82, 2.24) is 4.98 Å². The minimum atomic E-state index is -4.57. The van der Waals surface area contributed by atoms with Crippen LogP contribution in [0.25, 0.3) is 33.2 Å². The first-order valence-electron chi connectivity index (χ1n) is 13.0. The molecule has 0 radical (unpaired) electrons. The molecule has 6 nitrogen and oxygen atoms in total. The third-order valence-corrected chi connectivity index (χ3v) is 7.75. The Labute approximate surface area is 254 Å². The highest BCUT2D eigenvalue weighted by atomic mass is 79.9. The van der Waals surface area contributed by atoms with Crippen molar-refractivity contribution in [3.63, 3.8) is 0 Å². The van der Waals surface area contributed by atoms with E-state index < -0.39 is 17.7 Å². The lowest BCUT2D eigenvalue weighted by Crippen LogP contribution is -2.09. The Hall–Kier alpha value is -4.57. The predicted octanol–water partition coefficient (Wildman–Crippen LogP) is 8.73. The van der Waals surface area contributed by atoms with Crippen LogP contribution in [-0.4, -0.2) is 32.3 Å². The molecule has 1 heterocycles. The zero-order valence-electron chi connectivity index (χ0n) is 23.3. The molecule has 5 rings (SSSR count). The molecular weight excluding hydrogens is 627 g/mol. The SMILES string of the molecule is COC(=O)c1c(OC)cc(COc2cccc(-c3c(-c4ccccc4)cnc4c(C(F)(F)F)cccc34)c2)c(Br)c1OC. The van der Waals surface area contributed by atoms with E-state index in [-0.39, 0.29) is 29.2 Å². The third-order valence-electron chi connectivity index (χ3n) is 6.88. The highest BCUT2D eigenvalue weighted by molar-refractivity contribution is 9.10. The maximum atomic E-state index is 13.9. The summed E-state index contributed by atoms with van der Waals surface area (Å²) in [7, 11) is 4.11. The van der Waals surface area contributed by atoms with Gasteiger partial charge < -0.3 is 18.9 Å². The molecule has 1 aromatic heterocycles. The molecule has 0 spiro atoms. The molecule has 0 amide bonds. The van der Waals surface area contributed by atoms with Crippen LogP contribution in [0.1, 0.15) is 21.5 Å². The molecule has 0 atom stereocenters. The van der Waals surface area contributed by atoms with Gasteiger partial charge in [-0.05, 0) is 51.3 Å². The number of nitrogens with zero attached hydrogens (tertiary/aromatic N) is 1. The smallest absolute Gasteiger partial charge is 0.418 e. The Balaban J connectivity index is 1.59. The van der Waals surface area contributed by atoms with Crippen molar-refractivity contribution >= 4 is 32.8 Å². The number of benzene rings is 4. The van der Waals surface area contributed by atoms with Crippen molar-refractivity contribution in [3.8, 4) is 39.5 Å². The molecule has 220 valence electrons. The normalized spacial score (nSPS) is 11.3. The monoisotopic (exact) mass is 651 g/mol. The molecule has 0 saturated carbocycles. The van der Waals surface area contributed by atoms with Crippen LogP contribution < -0.4 is 14.2 Å². The van der Waals surface area contributed by atoms with Gasteiger partial charge in [-0.3, -0.25) is 4.98 Å². The zero-order chi connectivity index (χ0) is 30.7. The minimum absolute atomic E-state index is 0.0546. The van der Waals surface area contributed by atoms with Crippen LogP contribution in [0.15, 0.2) is 89.5 Å². The van der Waals surface area contributed by atoms with E-state index in [0.29, 0.717) is 37.9 Å². The number of ether oxygens (including phenoxy) is 4. The topological polar surface area (TPSA) is 66.9 Å². The molecule has 0 aliphatic carbocycles. The van der Waals surface area contributed by atoms with Gasteiger partial charge in [-0.15, -0.1) is 0 Å². The fourth-order valence-corrected chi connectivity index (χ4v) is 5.51. The van der Waals surface area contributed by atoms with E-state index >= 15 is 0 Å². The number of aromatic nitrogens is 1. The van der Waals surface area contributed by atoms with Gasteiger partial charge in [0.05, 0.1) is 36.9 Å². The molecule has 0 unspecified atom stereocenters. The molecule has 5 aromatic rings.